The lowest BCUT2D eigenvalue weighted by atomic mass is 9.88. The first kappa shape index (κ1) is 32.4. The molecule has 9 nitrogen and oxygen atoms in total. The third-order valence-electron chi connectivity index (χ3n) is 8.70. The second-order valence-electron chi connectivity index (χ2n) is 11.6. The van der Waals surface area contributed by atoms with Crippen molar-refractivity contribution in [3.63, 3.8) is 0 Å². The normalized spacial score (nSPS) is 24.5. The summed E-state index contributed by atoms with van der Waals surface area (Å²) in [5, 5.41) is 2.82. The number of aromatic nitrogens is 2. The molecule has 4 atom stereocenters. The Kier molecular flexibility index (Phi) is 8.39. The Labute approximate surface area is 264 Å². The number of hydrogen-bond acceptors (Lipinski definition) is 8. The highest BCUT2D eigenvalue weighted by Gasteiger charge is 2.45. The first-order valence-corrected chi connectivity index (χ1v) is 17.3. The van der Waals surface area contributed by atoms with Gasteiger partial charge in [0.15, 0.2) is 0 Å². The summed E-state index contributed by atoms with van der Waals surface area (Å²) in [6.45, 7) is 2.77. The van der Waals surface area contributed by atoms with Crippen molar-refractivity contribution in [1.82, 2.24) is 19.2 Å². The fourth-order valence-corrected chi connectivity index (χ4v) is 9.00. The van der Waals surface area contributed by atoms with E-state index in [0.717, 1.165) is 30.2 Å². The van der Waals surface area contributed by atoms with Crippen LogP contribution < -0.4 is 15.9 Å². The van der Waals surface area contributed by atoms with Crippen molar-refractivity contribution in [2.24, 2.45) is 5.92 Å². The van der Waals surface area contributed by atoms with Gasteiger partial charge in [-0.2, -0.15) is 22.5 Å². The molecule has 0 saturated carbocycles. The van der Waals surface area contributed by atoms with Crippen LogP contribution in [-0.4, -0.2) is 85.8 Å². The van der Waals surface area contributed by atoms with Crippen molar-refractivity contribution in [2.45, 2.75) is 42.7 Å². The van der Waals surface area contributed by atoms with Crippen LogP contribution in [0.1, 0.15) is 12.5 Å². The van der Waals surface area contributed by atoms with Crippen molar-refractivity contribution in [2.75, 3.05) is 50.2 Å². The number of sulfonamides is 1. The van der Waals surface area contributed by atoms with E-state index in [1.165, 1.54) is 16.0 Å². The molecule has 2 unspecified atom stereocenters. The predicted octanol–water partition coefficient (Wildman–Crippen LogP) is 4.19. The van der Waals surface area contributed by atoms with Gasteiger partial charge in [0, 0.05) is 72.6 Å². The second kappa shape index (κ2) is 11.6. The summed E-state index contributed by atoms with van der Waals surface area (Å²) < 4.78 is 108. The van der Waals surface area contributed by atoms with Gasteiger partial charge in [-0.15, -0.1) is 11.8 Å². The number of thioether (sulfide) groups is 1. The zero-order valence-electron chi connectivity index (χ0n) is 24.3. The number of methoxy groups -OCH3 is 1. The topological polar surface area (TPSA) is 96.8 Å². The number of hydrogen-bond donors (Lipinski definition) is 1. The molecule has 2 fully saturated rings. The standard InChI is InChI=1S/C28H29ClF5N5O4S2/c1-13-9-37(45(3,41)42)11-21-23(13)35-4-5-38(21)26-16-6-17(28(32,33)34)22(15-7-18(29)20(31)8-19(15)30)25-24(16)39(27(40)36-26)10-14(43-2)12-44-25/h6-8,13-14,21,23,35H,4-5,9-12H2,1-3H3/t13?,14-,21+,23?/m0/s1. The molecule has 2 aromatic carbocycles. The van der Waals surface area contributed by atoms with Crippen LogP contribution >= 0.6 is 23.4 Å². The van der Waals surface area contributed by atoms with Gasteiger partial charge in [0.1, 0.15) is 17.5 Å². The lowest BCUT2D eigenvalue weighted by molar-refractivity contribution is -0.137. The molecular formula is C28H29ClF5N5O4S2. The van der Waals surface area contributed by atoms with Crippen molar-refractivity contribution < 1.29 is 35.1 Å². The molecule has 0 bridgehead atoms. The van der Waals surface area contributed by atoms with Gasteiger partial charge in [-0.3, -0.25) is 4.57 Å². The van der Waals surface area contributed by atoms with Crippen LogP contribution in [0.3, 0.4) is 0 Å². The highest BCUT2D eigenvalue weighted by atomic mass is 35.5. The summed E-state index contributed by atoms with van der Waals surface area (Å²) in [5.41, 5.74) is -3.03. The van der Waals surface area contributed by atoms with E-state index in [4.69, 9.17) is 16.3 Å². The van der Waals surface area contributed by atoms with Crippen LogP contribution in [-0.2, 0) is 27.5 Å². The van der Waals surface area contributed by atoms with Gasteiger partial charge < -0.3 is 15.0 Å². The number of fused-ring (bicyclic) bond motifs is 1. The first-order chi connectivity index (χ1) is 21.1. The Hall–Kier alpha value is -2.50. The molecular weight excluding hydrogens is 665 g/mol. The van der Waals surface area contributed by atoms with E-state index in [9.17, 15) is 30.8 Å². The number of alkyl halides is 3. The van der Waals surface area contributed by atoms with Crippen molar-refractivity contribution in [1.29, 1.82) is 0 Å². The Balaban J connectivity index is 1.68. The summed E-state index contributed by atoms with van der Waals surface area (Å²) in [5.74, 6) is -2.46. The quantitative estimate of drug-likeness (QED) is 0.321. The SMILES string of the molecule is CO[C@@H]1CSc2c(-c3cc(Cl)c(F)cc3F)c(C(F)(F)F)cc3c(N4CCNC5C(C)CN(S(C)(=O)=O)C[C@H]54)nc(=O)n(c23)C1. The van der Waals surface area contributed by atoms with Crippen molar-refractivity contribution >= 4 is 50.1 Å². The lowest BCUT2D eigenvalue weighted by Crippen LogP contribution is -2.68. The number of nitrogens with zero attached hydrogens (tertiary/aromatic N) is 4. The number of anilines is 1. The van der Waals surface area contributed by atoms with Crippen LogP contribution in [0, 0.1) is 17.6 Å². The summed E-state index contributed by atoms with van der Waals surface area (Å²) in [4.78, 5) is 19.7. The predicted molar refractivity (Wildman–Crippen MR) is 161 cm³/mol. The van der Waals surface area contributed by atoms with Crippen molar-refractivity contribution in [3.05, 3.63) is 50.9 Å². The maximum absolute atomic E-state index is 15.3. The number of rotatable bonds is 4. The second-order valence-corrected chi connectivity index (χ2v) is 15.0. The maximum Gasteiger partial charge on any atom is 0.417 e. The zero-order valence-corrected chi connectivity index (χ0v) is 26.7. The molecule has 1 aromatic heterocycles. The van der Waals surface area contributed by atoms with E-state index >= 15 is 4.39 Å². The number of piperazine rings is 1. The van der Waals surface area contributed by atoms with Gasteiger partial charge in [0.2, 0.25) is 10.0 Å². The summed E-state index contributed by atoms with van der Waals surface area (Å²) in [6.07, 6.45) is -4.53. The molecule has 244 valence electrons. The van der Waals surface area contributed by atoms with Crippen LogP contribution in [0.4, 0.5) is 27.8 Å². The molecule has 4 heterocycles. The number of ether oxygens (including phenoxy) is 1. The van der Waals surface area contributed by atoms with E-state index in [1.807, 2.05) is 6.92 Å². The molecule has 0 spiro atoms. The Morgan fingerprint density at radius 2 is 1.87 bits per heavy atom. The lowest BCUT2D eigenvalue weighted by Gasteiger charge is -2.50. The van der Waals surface area contributed by atoms with Gasteiger partial charge in [-0.05, 0) is 18.1 Å². The zero-order chi connectivity index (χ0) is 32.6. The fourth-order valence-electron chi connectivity index (χ4n) is 6.59. The van der Waals surface area contributed by atoms with E-state index in [0.29, 0.717) is 12.6 Å². The van der Waals surface area contributed by atoms with Gasteiger partial charge in [0.25, 0.3) is 0 Å². The summed E-state index contributed by atoms with van der Waals surface area (Å²) in [7, 11) is -2.20. The van der Waals surface area contributed by atoms with Gasteiger partial charge in [-0.1, -0.05) is 18.5 Å². The molecule has 17 heteroatoms. The van der Waals surface area contributed by atoms with Gasteiger partial charge in [-0.25, -0.2) is 22.0 Å². The van der Waals surface area contributed by atoms with Crippen LogP contribution in [0.2, 0.25) is 5.02 Å². The smallest absolute Gasteiger partial charge is 0.379 e. The minimum absolute atomic E-state index is 0.0108. The minimum atomic E-state index is -5.02. The first-order valence-electron chi connectivity index (χ1n) is 14.0. The number of halogens is 6. The Bertz CT molecular complexity index is 1860. The van der Waals surface area contributed by atoms with Gasteiger partial charge >= 0.3 is 11.9 Å². The highest BCUT2D eigenvalue weighted by Crippen LogP contribution is 2.49. The van der Waals surface area contributed by atoms with Crippen molar-refractivity contribution in [3.8, 4) is 11.1 Å². The van der Waals surface area contributed by atoms with E-state index in [2.05, 4.69) is 10.3 Å². The van der Waals surface area contributed by atoms with E-state index in [-0.39, 0.29) is 65.5 Å². The molecule has 0 amide bonds. The third kappa shape index (κ3) is 5.71. The number of nitrogens with one attached hydrogen (secondary N) is 1. The molecule has 1 N–H and O–H groups in total. The molecule has 45 heavy (non-hydrogen) atoms. The Morgan fingerprint density at radius 3 is 2.53 bits per heavy atom. The van der Waals surface area contributed by atoms with Gasteiger partial charge in [0.05, 0.1) is 41.0 Å². The molecule has 0 aliphatic carbocycles. The van der Waals surface area contributed by atoms with Crippen LogP contribution in [0.5, 0.6) is 0 Å². The van der Waals surface area contributed by atoms with E-state index < -0.39 is 67.4 Å². The van der Waals surface area contributed by atoms with Crippen LogP contribution in [0.25, 0.3) is 22.0 Å². The largest absolute Gasteiger partial charge is 0.417 e. The van der Waals surface area contributed by atoms with E-state index in [1.54, 1.807) is 4.90 Å². The Morgan fingerprint density at radius 1 is 1.13 bits per heavy atom. The molecule has 3 aromatic rings. The molecule has 3 aliphatic rings. The summed E-state index contributed by atoms with van der Waals surface area (Å²) in [6, 6.07) is 1.29. The third-order valence-corrected chi connectivity index (χ3v) is 11.5. The molecule has 2 saturated heterocycles. The average Bonchev–Trinajstić information content (AvgIpc) is 3.16. The fraction of sp³-hybridized carbons (Fsp3) is 0.500. The summed E-state index contributed by atoms with van der Waals surface area (Å²) >= 11 is 6.90. The number of piperidine rings is 1. The maximum atomic E-state index is 15.3. The molecule has 0 radical (unpaired) electrons. The monoisotopic (exact) mass is 693 g/mol. The average molecular weight is 694 g/mol. The number of benzene rings is 2. The highest BCUT2D eigenvalue weighted by molar-refractivity contribution is 7.99. The molecule has 3 aliphatic heterocycles. The van der Waals surface area contributed by atoms with Crippen LogP contribution in [0.15, 0.2) is 27.9 Å². The molecule has 6 rings (SSSR count). The minimum Gasteiger partial charge on any atom is -0.379 e.